The first-order valence-electron chi connectivity index (χ1n) is 6.68. The Morgan fingerprint density at radius 1 is 1.14 bits per heavy atom. The molecule has 6 nitrogen and oxygen atoms in total. The molecule has 0 bridgehead atoms. The molecule has 0 radical (unpaired) electrons. The summed E-state index contributed by atoms with van der Waals surface area (Å²) in [6.07, 6.45) is 3.35. The highest BCUT2D eigenvalue weighted by molar-refractivity contribution is 5.79. The van der Waals surface area contributed by atoms with Gasteiger partial charge < -0.3 is 0 Å². The van der Waals surface area contributed by atoms with Gasteiger partial charge in [0, 0.05) is 5.69 Å². The number of rotatable bonds is 3. The zero-order valence-electron chi connectivity index (χ0n) is 12.2. The van der Waals surface area contributed by atoms with Crippen molar-refractivity contribution in [1.29, 1.82) is 0 Å². The maximum atomic E-state index is 4.41. The molecule has 0 spiro atoms. The lowest BCUT2D eigenvalue weighted by Crippen LogP contribution is -2.06. The largest absolute Gasteiger partial charge is 0.273 e. The van der Waals surface area contributed by atoms with E-state index in [4.69, 9.17) is 0 Å². The van der Waals surface area contributed by atoms with Crippen molar-refractivity contribution in [3.63, 3.8) is 0 Å². The van der Waals surface area contributed by atoms with E-state index in [0.717, 1.165) is 17.0 Å². The minimum absolute atomic E-state index is 0.574. The molecular formula is C15H16N6. The molecule has 106 valence electrons. The highest BCUT2D eigenvalue weighted by Gasteiger charge is 2.10. The van der Waals surface area contributed by atoms with Crippen LogP contribution in [0.3, 0.4) is 0 Å². The van der Waals surface area contributed by atoms with Gasteiger partial charge in [-0.25, -0.2) is 4.68 Å². The van der Waals surface area contributed by atoms with Crippen LogP contribution in [0.2, 0.25) is 0 Å². The average molecular weight is 280 g/mol. The third kappa shape index (κ3) is 2.74. The summed E-state index contributed by atoms with van der Waals surface area (Å²) in [6.45, 7) is 5.97. The minimum Gasteiger partial charge on any atom is -0.202 e. The normalized spacial score (nSPS) is 11.4. The summed E-state index contributed by atoms with van der Waals surface area (Å²) in [5.74, 6) is 0.574. The number of aromatic nitrogens is 5. The summed E-state index contributed by atoms with van der Waals surface area (Å²) in [4.78, 5) is 0. The Hall–Kier alpha value is -2.76. The minimum atomic E-state index is 0.574. The highest BCUT2D eigenvalue weighted by Crippen LogP contribution is 2.09. The summed E-state index contributed by atoms with van der Waals surface area (Å²) in [5, 5.41) is 16.8. The van der Waals surface area contributed by atoms with E-state index in [9.17, 15) is 0 Å². The topological polar surface area (TPSA) is 60.9 Å². The van der Waals surface area contributed by atoms with Crippen LogP contribution in [0.1, 0.15) is 22.5 Å². The molecule has 0 fully saturated rings. The molecule has 6 heteroatoms. The number of nitrogens with zero attached hydrogens (tertiary/aromatic N) is 6. The SMILES string of the molecule is Cc1cccc(/C=N\n2cnnc2-n2nc(C)cc2C)c1. The monoisotopic (exact) mass is 280 g/mol. The average Bonchev–Trinajstić information content (AvgIpc) is 3.02. The van der Waals surface area contributed by atoms with Crippen molar-refractivity contribution < 1.29 is 0 Å². The van der Waals surface area contributed by atoms with Crippen molar-refractivity contribution in [2.24, 2.45) is 5.10 Å². The lowest BCUT2D eigenvalue weighted by atomic mass is 10.2. The van der Waals surface area contributed by atoms with E-state index in [2.05, 4.69) is 39.5 Å². The van der Waals surface area contributed by atoms with Gasteiger partial charge in [0.1, 0.15) is 6.33 Å². The summed E-state index contributed by atoms with van der Waals surface area (Å²) in [7, 11) is 0. The highest BCUT2D eigenvalue weighted by atomic mass is 15.5. The Bertz CT molecular complexity index is 796. The van der Waals surface area contributed by atoms with Gasteiger partial charge >= 0.3 is 0 Å². The van der Waals surface area contributed by atoms with Crippen LogP contribution >= 0.6 is 0 Å². The molecule has 0 saturated carbocycles. The van der Waals surface area contributed by atoms with Gasteiger partial charge in [-0.1, -0.05) is 29.8 Å². The van der Waals surface area contributed by atoms with Crippen molar-refractivity contribution in [2.45, 2.75) is 20.8 Å². The summed E-state index contributed by atoms with van der Waals surface area (Å²) in [5.41, 5.74) is 4.15. The Morgan fingerprint density at radius 3 is 2.71 bits per heavy atom. The molecule has 2 aromatic heterocycles. The third-order valence-electron chi connectivity index (χ3n) is 3.09. The molecule has 0 N–H and O–H groups in total. The molecule has 0 aliphatic heterocycles. The fourth-order valence-corrected chi connectivity index (χ4v) is 2.16. The smallest absolute Gasteiger partial charge is 0.202 e. The van der Waals surface area contributed by atoms with Crippen molar-refractivity contribution in [2.75, 3.05) is 0 Å². The fourth-order valence-electron chi connectivity index (χ4n) is 2.16. The van der Waals surface area contributed by atoms with Crippen LogP contribution in [0.25, 0.3) is 5.95 Å². The molecule has 2 heterocycles. The van der Waals surface area contributed by atoms with Crippen LogP contribution < -0.4 is 0 Å². The number of benzene rings is 1. The molecule has 0 atom stereocenters. The molecule has 0 unspecified atom stereocenters. The third-order valence-corrected chi connectivity index (χ3v) is 3.09. The standard InChI is InChI=1S/C15H16N6/c1-11-5-4-6-14(7-11)9-17-20-10-16-18-15(20)21-13(3)8-12(2)19-21/h4-10H,1-3H3/b17-9-. The van der Waals surface area contributed by atoms with Crippen LogP contribution in [-0.2, 0) is 0 Å². The molecule has 3 aromatic rings. The second-order valence-corrected chi connectivity index (χ2v) is 4.97. The van der Waals surface area contributed by atoms with Gasteiger partial charge in [0.15, 0.2) is 0 Å². The second kappa shape index (κ2) is 5.32. The van der Waals surface area contributed by atoms with Crippen molar-refractivity contribution in [1.82, 2.24) is 24.7 Å². The number of aryl methyl sites for hydroxylation is 3. The molecule has 1 aromatic carbocycles. The van der Waals surface area contributed by atoms with Gasteiger partial charge in [-0.2, -0.15) is 14.9 Å². The Balaban J connectivity index is 1.94. The van der Waals surface area contributed by atoms with Crippen LogP contribution in [-0.4, -0.2) is 30.9 Å². The Morgan fingerprint density at radius 2 is 2.00 bits per heavy atom. The fraction of sp³-hybridized carbons (Fsp3) is 0.200. The van der Waals surface area contributed by atoms with E-state index in [1.54, 1.807) is 21.9 Å². The lowest BCUT2D eigenvalue weighted by molar-refractivity contribution is 0.717. The lowest BCUT2D eigenvalue weighted by Gasteiger charge is -2.02. The van der Waals surface area contributed by atoms with E-state index in [1.807, 2.05) is 32.0 Å². The molecule has 0 saturated heterocycles. The molecule has 21 heavy (non-hydrogen) atoms. The molecule has 3 rings (SSSR count). The zero-order chi connectivity index (χ0) is 14.8. The first kappa shape index (κ1) is 13.2. The van der Waals surface area contributed by atoms with Crippen LogP contribution in [0.15, 0.2) is 41.8 Å². The van der Waals surface area contributed by atoms with Crippen molar-refractivity contribution in [3.05, 3.63) is 59.2 Å². The van der Waals surface area contributed by atoms with Gasteiger partial charge in [0.25, 0.3) is 5.95 Å². The van der Waals surface area contributed by atoms with Crippen molar-refractivity contribution >= 4 is 6.21 Å². The second-order valence-electron chi connectivity index (χ2n) is 4.97. The maximum Gasteiger partial charge on any atom is 0.273 e. The molecule has 0 aliphatic carbocycles. The number of hydrogen-bond donors (Lipinski definition) is 0. The van der Waals surface area contributed by atoms with E-state index in [-0.39, 0.29) is 0 Å². The predicted molar refractivity (Wildman–Crippen MR) is 80.8 cm³/mol. The zero-order valence-corrected chi connectivity index (χ0v) is 12.2. The summed E-state index contributed by atoms with van der Waals surface area (Å²) in [6, 6.07) is 10.1. The van der Waals surface area contributed by atoms with Crippen LogP contribution in [0.5, 0.6) is 0 Å². The van der Waals surface area contributed by atoms with Gasteiger partial charge in [0.05, 0.1) is 11.9 Å². The molecular weight excluding hydrogens is 264 g/mol. The quantitative estimate of drug-likeness (QED) is 0.691. The first-order chi connectivity index (χ1) is 10.1. The van der Waals surface area contributed by atoms with E-state index in [1.165, 1.54) is 5.56 Å². The van der Waals surface area contributed by atoms with Gasteiger partial charge in [0.2, 0.25) is 0 Å². The maximum absolute atomic E-state index is 4.41. The van der Waals surface area contributed by atoms with E-state index in [0.29, 0.717) is 5.95 Å². The van der Waals surface area contributed by atoms with E-state index >= 15 is 0 Å². The molecule has 0 amide bonds. The van der Waals surface area contributed by atoms with Crippen LogP contribution in [0.4, 0.5) is 0 Å². The Kier molecular flexibility index (Phi) is 3.35. The first-order valence-corrected chi connectivity index (χ1v) is 6.68. The van der Waals surface area contributed by atoms with Gasteiger partial charge in [-0.15, -0.1) is 10.2 Å². The Labute approximate surface area is 122 Å². The van der Waals surface area contributed by atoms with Crippen molar-refractivity contribution in [3.8, 4) is 5.95 Å². The summed E-state index contributed by atoms with van der Waals surface area (Å²) >= 11 is 0. The van der Waals surface area contributed by atoms with E-state index < -0.39 is 0 Å². The predicted octanol–water partition coefficient (Wildman–Crippen LogP) is 2.27. The number of hydrogen-bond acceptors (Lipinski definition) is 4. The van der Waals surface area contributed by atoms with Crippen LogP contribution in [0, 0.1) is 20.8 Å². The van der Waals surface area contributed by atoms with Gasteiger partial charge in [-0.3, -0.25) is 0 Å². The molecule has 0 aliphatic rings. The van der Waals surface area contributed by atoms with Gasteiger partial charge in [-0.05, 0) is 32.4 Å². The summed E-state index contributed by atoms with van der Waals surface area (Å²) < 4.78 is 3.34.